The Morgan fingerprint density at radius 2 is 1.95 bits per heavy atom. The lowest BCUT2D eigenvalue weighted by molar-refractivity contribution is 0.0705. The highest BCUT2D eigenvalue weighted by Crippen LogP contribution is 2.16. The molecule has 0 bridgehead atoms. The van der Waals surface area contributed by atoms with Crippen LogP contribution in [0.4, 0.5) is 5.69 Å². The molecule has 19 heavy (non-hydrogen) atoms. The molecular formula is C15H23N3O. The Hall–Kier alpha value is -1.55. The Bertz CT molecular complexity index is 428. The molecular weight excluding hydrogens is 238 g/mol. The molecule has 1 aliphatic heterocycles. The van der Waals surface area contributed by atoms with Gasteiger partial charge in [-0.2, -0.15) is 0 Å². The van der Waals surface area contributed by atoms with E-state index in [1.807, 2.05) is 48.2 Å². The lowest BCUT2D eigenvalue weighted by Gasteiger charge is -2.27. The zero-order valence-electron chi connectivity index (χ0n) is 12.0. The van der Waals surface area contributed by atoms with Crippen LogP contribution in [-0.2, 0) is 0 Å². The lowest BCUT2D eigenvalue weighted by atomic mass is 10.1. The molecule has 0 saturated carbocycles. The minimum Gasteiger partial charge on any atom is -0.378 e. The second-order valence-electron chi connectivity index (χ2n) is 5.33. The first-order valence-electron chi connectivity index (χ1n) is 6.88. The van der Waals surface area contributed by atoms with Crippen molar-refractivity contribution in [2.45, 2.75) is 19.4 Å². The van der Waals surface area contributed by atoms with E-state index < -0.39 is 0 Å². The van der Waals surface area contributed by atoms with Crippen molar-refractivity contribution in [2.24, 2.45) is 0 Å². The first-order chi connectivity index (χ1) is 9.09. The predicted molar refractivity (Wildman–Crippen MR) is 78.8 cm³/mol. The van der Waals surface area contributed by atoms with Gasteiger partial charge in [-0.3, -0.25) is 4.79 Å². The van der Waals surface area contributed by atoms with Crippen molar-refractivity contribution in [1.82, 2.24) is 10.2 Å². The number of nitrogens with one attached hydrogen (secondary N) is 1. The van der Waals surface area contributed by atoms with E-state index in [-0.39, 0.29) is 5.91 Å². The molecule has 4 heteroatoms. The van der Waals surface area contributed by atoms with Crippen LogP contribution in [0.5, 0.6) is 0 Å². The average Bonchev–Trinajstić information content (AvgIpc) is 2.63. The van der Waals surface area contributed by atoms with E-state index in [9.17, 15) is 4.79 Å². The summed E-state index contributed by atoms with van der Waals surface area (Å²) in [7, 11) is 4.00. The van der Waals surface area contributed by atoms with Crippen LogP contribution in [-0.4, -0.2) is 50.6 Å². The van der Waals surface area contributed by atoms with Crippen molar-refractivity contribution in [2.75, 3.05) is 38.6 Å². The first-order valence-corrected chi connectivity index (χ1v) is 6.88. The average molecular weight is 261 g/mol. The minimum absolute atomic E-state index is 0.140. The maximum atomic E-state index is 12.5. The molecule has 1 aliphatic rings. The van der Waals surface area contributed by atoms with Gasteiger partial charge in [0, 0.05) is 44.5 Å². The molecule has 0 aliphatic carbocycles. The van der Waals surface area contributed by atoms with Gasteiger partial charge in [0.1, 0.15) is 0 Å². The third-order valence-electron chi connectivity index (χ3n) is 3.69. The van der Waals surface area contributed by atoms with Gasteiger partial charge in [-0.1, -0.05) is 0 Å². The molecule has 1 fully saturated rings. The van der Waals surface area contributed by atoms with E-state index in [2.05, 4.69) is 12.2 Å². The number of hydrogen-bond acceptors (Lipinski definition) is 3. The summed E-state index contributed by atoms with van der Waals surface area (Å²) < 4.78 is 0. The van der Waals surface area contributed by atoms with E-state index >= 15 is 0 Å². The van der Waals surface area contributed by atoms with Gasteiger partial charge >= 0.3 is 0 Å². The Morgan fingerprint density at radius 1 is 1.26 bits per heavy atom. The van der Waals surface area contributed by atoms with Gasteiger partial charge in [0.05, 0.1) is 0 Å². The SMILES string of the molecule is CC1CCNCCN1C(=O)c1ccc(N(C)C)cc1. The minimum atomic E-state index is 0.140. The maximum Gasteiger partial charge on any atom is 0.254 e. The number of benzene rings is 1. The van der Waals surface area contributed by atoms with Crippen molar-refractivity contribution in [1.29, 1.82) is 0 Å². The molecule has 1 saturated heterocycles. The molecule has 1 aromatic rings. The maximum absolute atomic E-state index is 12.5. The van der Waals surface area contributed by atoms with Crippen molar-refractivity contribution in [3.8, 4) is 0 Å². The molecule has 1 amide bonds. The highest BCUT2D eigenvalue weighted by Gasteiger charge is 2.22. The summed E-state index contributed by atoms with van der Waals surface area (Å²) in [6.07, 6.45) is 1.02. The fourth-order valence-electron chi connectivity index (χ4n) is 2.38. The highest BCUT2D eigenvalue weighted by atomic mass is 16.2. The second kappa shape index (κ2) is 6.06. The quantitative estimate of drug-likeness (QED) is 0.878. The molecule has 104 valence electrons. The number of rotatable bonds is 2. The van der Waals surface area contributed by atoms with Crippen LogP contribution in [0.2, 0.25) is 0 Å². The first kappa shape index (κ1) is 13.9. The summed E-state index contributed by atoms with van der Waals surface area (Å²) in [6.45, 7) is 4.78. The van der Waals surface area contributed by atoms with E-state index in [4.69, 9.17) is 0 Å². The van der Waals surface area contributed by atoms with E-state index in [1.165, 1.54) is 0 Å². The van der Waals surface area contributed by atoms with E-state index in [0.29, 0.717) is 6.04 Å². The van der Waals surface area contributed by atoms with Crippen LogP contribution in [0.15, 0.2) is 24.3 Å². The molecule has 0 radical (unpaired) electrons. The molecule has 1 atom stereocenters. The van der Waals surface area contributed by atoms with E-state index in [0.717, 1.165) is 37.3 Å². The van der Waals surface area contributed by atoms with Crippen LogP contribution >= 0.6 is 0 Å². The van der Waals surface area contributed by atoms with Crippen LogP contribution in [0.25, 0.3) is 0 Å². The number of anilines is 1. The van der Waals surface area contributed by atoms with Crippen LogP contribution in [0, 0.1) is 0 Å². The smallest absolute Gasteiger partial charge is 0.254 e. The normalized spacial score (nSPS) is 19.9. The van der Waals surface area contributed by atoms with Gasteiger partial charge in [-0.15, -0.1) is 0 Å². The second-order valence-corrected chi connectivity index (χ2v) is 5.33. The van der Waals surface area contributed by atoms with Crippen LogP contribution in [0.3, 0.4) is 0 Å². The molecule has 4 nitrogen and oxygen atoms in total. The summed E-state index contributed by atoms with van der Waals surface area (Å²) in [5, 5.41) is 3.34. The summed E-state index contributed by atoms with van der Waals surface area (Å²) in [4.78, 5) is 16.5. The molecule has 1 N–H and O–H groups in total. The standard InChI is InChI=1S/C15H23N3O/c1-12-8-9-16-10-11-18(12)15(19)13-4-6-14(7-5-13)17(2)3/h4-7,12,16H,8-11H2,1-3H3. The third kappa shape index (κ3) is 3.26. The van der Waals surface area contributed by atoms with Gasteiger partial charge < -0.3 is 15.1 Å². The van der Waals surface area contributed by atoms with Crippen molar-refractivity contribution in [3.05, 3.63) is 29.8 Å². The molecule has 0 spiro atoms. The summed E-state index contributed by atoms with van der Waals surface area (Å²) >= 11 is 0. The Labute approximate surface area is 115 Å². The number of carbonyl (C=O) groups is 1. The largest absolute Gasteiger partial charge is 0.378 e. The molecule has 2 rings (SSSR count). The van der Waals surface area contributed by atoms with Crippen molar-refractivity contribution in [3.63, 3.8) is 0 Å². The van der Waals surface area contributed by atoms with Crippen molar-refractivity contribution >= 4 is 11.6 Å². The zero-order chi connectivity index (χ0) is 13.8. The number of nitrogens with zero attached hydrogens (tertiary/aromatic N) is 2. The summed E-state index contributed by atoms with van der Waals surface area (Å²) in [5.41, 5.74) is 1.89. The van der Waals surface area contributed by atoms with Gasteiger partial charge in [0.2, 0.25) is 0 Å². The Balaban J connectivity index is 2.13. The molecule has 1 unspecified atom stereocenters. The number of carbonyl (C=O) groups excluding carboxylic acids is 1. The lowest BCUT2D eigenvalue weighted by Crippen LogP contribution is -2.39. The number of hydrogen-bond donors (Lipinski definition) is 1. The van der Waals surface area contributed by atoms with Gasteiger partial charge in [-0.05, 0) is 44.2 Å². The van der Waals surface area contributed by atoms with Gasteiger partial charge in [0.15, 0.2) is 0 Å². The Morgan fingerprint density at radius 3 is 2.58 bits per heavy atom. The monoisotopic (exact) mass is 261 g/mol. The predicted octanol–water partition coefficient (Wildman–Crippen LogP) is 1.58. The fraction of sp³-hybridized carbons (Fsp3) is 0.533. The van der Waals surface area contributed by atoms with Gasteiger partial charge in [-0.25, -0.2) is 0 Å². The third-order valence-corrected chi connectivity index (χ3v) is 3.69. The molecule has 1 heterocycles. The van der Waals surface area contributed by atoms with E-state index in [1.54, 1.807) is 0 Å². The van der Waals surface area contributed by atoms with Crippen molar-refractivity contribution < 1.29 is 4.79 Å². The van der Waals surface area contributed by atoms with Gasteiger partial charge in [0.25, 0.3) is 5.91 Å². The number of amides is 1. The molecule has 0 aromatic heterocycles. The van der Waals surface area contributed by atoms with Crippen LogP contribution < -0.4 is 10.2 Å². The zero-order valence-corrected chi connectivity index (χ0v) is 12.0. The summed E-state index contributed by atoms with van der Waals surface area (Å²) in [6, 6.07) is 8.13. The summed E-state index contributed by atoms with van der Waals surface area (Å²) in [5.74, 6) is 0.140. The van der Waals surface area contributed by atoms with Crippen LogP contribution in [0.1, 0.15) is 23.7 Å². The topological polar surface area (TPSA) is 35.6 Å². The molecule has 1 aromatic carbocycles. The fourth-order valence-corrected chi connectivity index (χ4v) is 2.38. The highest BCUT2D eigenvalue weighted by molar-refractivity contribution is 5.94. The Kier molecular flexibility index (Phi) is 4.43.